The molecule has 34 heavy (non-hydrogen) atoms. The number of para-hydroxylation sites is 1. The highest BCUT2D eigenvalue weighted by atomic mass is 35.5. The van der Waals surface area contributed by atoms with Gasteiger partial charge >= 0.3 is 6.01 Å². The normalized spacial score (nSPS) is 11.5. The van der Waals surface area contributed by atoms with Crippen molar-refractivity contribution in [2.45, 2.75) is 39.3 Å². The van der Waals surface area contributed by atoms with Gasteiger partial charge in [0.2, 0.25) is 0 Å². The minimum Gasteiger partial charge on any atom is -0.490 e. The molecule has 3 aromatic carbocycles. The first-order valence-electron chi connectivity index (χ1n) is 11.3. The van der Waals surface area contributed by atoms with Gasteiger partial charge in [0.25, 0.3) is 0 Å². The minimum atomic E-state index is 0. The van der Waals surface area contributed by atoms with E-state index in [2.05, 4.69) is 58.1 Å². The van der Waals surface area contributed by atoms with Crippen molar-refractivity contribution < 1.29 is 9.47 Å². The maximum atomic E-state index is 6.04. The lowest BCUT2D eigenvalue weighted by Gasteiger charge is -2.16. The van der Waals surface area contributed by atoms with Crippen molar-refractivity contribution in [1.29, 1.82) is 0 Å². The Labute approximate surface area is 206 Å². The maximum Gasteiger partial charge on any atom is 0.346 e. The fourth-order valence-corrected chi connectivity index (χ4v) is 3.51. The molecule has 1 unspecified atom stereocenters. The molecule has 7 nitrogen and oxygen atoms in total. The van der Waals surface area contributed by atoms with Crippen LogP contribution in [0, 0.1) is 0 Å². The van der Waals surface area contributed by atoms with Crippen LogP contribution >= 0.6 is 12.4 Å². The van der Waals surface area contributed by atoms with Crippen molar-refractivity contribution in [2.24, 2.45) is 0 Å². The summed E-state index contributed by atoms with van der Waals surface area (Å²) in [4.78, 5) is 0. The van der Waals surface area contributed by atoms with Gasteiger partial charge < -0.3 is 14.8 Å². The van der Waals surface area contributed by atoms with Crippen LogP contribution in [0.25, 0.3) is 5.69 Å². The summed E-state index contributed by atoms with van der Waals surface area (Å²) in [5.74, 6) is 1.24. The fraction of sp³-hybridized carbons (Fsp3) is 0.269. The Morgan fingerprint density at radius 1 is 0.912 bits per heavy atom. The highest BCUT2D eigenvalue weighted by Gasteiger charge is 2.15. The molecule has 1 N–H and O–H groups in total. The summed E-state index contributed by atoms with van der Waals surface area (Å²) >= 11 is 0. The van der Waals surface area contributed by atoms with Crippen LogP contribution in [0.1, 0.15) is 31.4 Å². The van der Waals surface area contributed by atoms with E-state index in [0.717, 1.165) is 30.6 Å². The van der Waals surface area contributed by atoms with Crippen LogP contribution < -0.4 is 14.8 Å². The summed E-state index contributed by atoms with van der Waals surface area (Å²) in [7, 11) is 0. The molecule has 1 atom stereocenters. The molecule has 1 heterocycles. The Morgan fingerprint density at radius 2 is 1.65 bits per heavy atom. The predicted molar refractivity (Wildman–Crippen MR) is 135 cm³/mol. The zero-order valence-corrected chi connectivity index (χ0v) is 20.2. The predicted octanol–water partition coefficient (Wildman–Crippen LogP) is 5.39. The number of aromatic nitrogens is 4. The lowest BCUT2D eigenvalue weighted by Crippen LogP contribution is -2.26. The molecule has 0 aliphatic heterocycles. The second kappa shape index (κ2) is 12.7. The fourth-order valence-electron chi connectivity index (χ4n) is 3.51. The SMILES string of the molecule is CCOc1cc(CNC(C)CCc2ccccc2)ccc1Oc1nnnn1-c1ccccc1.Cl. The van der Waals surface area contributed by atoms with E-state index < -0.39 is 0 Å². The van der Waals surface area contributed by atoms with Crippen LogP contribution in [0.4, 0.5) is 0 Å². The number of ether oxygens (including phenoxy) is 2. The number of hydrogen-bond donors (Lipinski definition) is 1. The monoisotopic (exact) mass is 479 g/mol. The highest BCUT2D eigenvalue weighted by molar-refractivity contribution is 5.85. The largest absolute Gasteiger partial charge is 0.490 e. The van der Waals surface area contributed by atoms with Crippen LogP contribution in [-0.2, 0) is 13.0 Å². The third kappa shape index (κ3) is 6.79. The summed E-state index contributed by atoms with van der Waals surface area (Å²) < 4.78 is 13.4. The van der Waals surface area contributed by atoms with Crippen molar-refractivity contribution in [3.63, 3.8) is 0 Å². The van der Waals surface area contributed by atoms with E-state index in [4.69, 9.17) is 9.47 Å². The number of halogens is 1. The Balaban J connectivity index is 0.00000324. The first kappa shape index (κ1) is 25.2. The molecular weight excluding hydrogens is 450 g/mol. The van der Waals surface area contributed by atoms with E-state index in [1.807, 2.05) is 55.5 Å². The maximum absolute atomic E-state index is 6.04. The Bertz CT molecular complexity index is 1140. The smallest absolute Gasteiger partial charge is 0.346 e. The van der Waals surface area contributed by atoms with Crippen molar-refractivity contribution >= 4 is 12.4 Å². The van der Waals surface area contributed by atoms with Crippen molar-refractivity contribution in [3.8, 4) is 23.2 Å². The lowest BCUT2D eigenvalue weighted by molar-refractivity contribution is 0.315. The zero-order valence-electron chi connectivity index (χ0n) is 19.4. The molecule has 0 spiro atoms. The lowest BCUT2D eigenvalue weighted by atomic mass is 10.1. The molecule has 8 heteroatoms. The number of nitrogens with zero attached hydrogens (tertiary/aromatic N) is 4. The van der Waals surface area contributed by atoms with Gasteiger partial charge in [-0.1, -0.05) is 59.7 Å². The van der Waals surface area contributed by atoms with E-state index in [1.165, 1.54) is 5.56 Å². The van der Waals surface area contributed by atoms with Crippen LogP contribution in [0.5, 0.6) is 17.5 Å². The summed E-state index contributed by atoms with van der Waals surface area (Å²) in [6.45, 7) is 5.45. The molecule has 0 radical (unpaired) electrons. The van der Waals surface area contributed by atoms with Crippen LogP contribution in [0.2, 0.25) is 0 Å². The summed E-state index contributed by atoms with van der Waals surface area (Å²) in [5.41, 5.74) is 3.31. The minimum absolute atomic E-state index is 0. The standard InChI is InChI=1S/C26H29N5O2.ClH/c1-3-32-25-18-22(19-27-20(2)14-15-21-10-6-4-7-11-21)16-17-24(25)33-26-28-29-30-31(26)23-12-8-5-9-13-23;/h4-13,16-18,20,27H,3,14-15,19H2,1-2H3;1H. The number of nitrogens with one attached hydrogen (secondary N) is 1. The third-order valence-electron chi connectivity index (χ3n) is 5.31. The first-order valence-corrected chi connectivity index (χ1v) is 11.3. The van der Waals surface area contributed by atoms with E-state index in [-0.39, 0.29) is 18.4 Å². The average Bonchev–Trinajstić information content (AvgIpc) is 3.32. The van der Waals surface area contributed by atoms with Crippen LogP contribution in [-0.4, -0.2) is 32.9 Å². The molecule has 4 rings (SSSR count). The summed E-state index contributed by atoms with van der Waals surface area (Å²) in [6.07, 6.45) is 2.13. The Morgan fingerprint density at radius 3 is 2.38 bits per heavy atom. The average molecular weight is 480 g/mol. The molecule has 0 bridgehead atoms. The molecule has 0 aliphatic carbocycles. The zero-order chi connectivity index (χ0) is 22.9. The molecule has 0 fully saturated rings. The van der Waals surface area contributed by atoms with Crippen molar-refractivity contribution in [2.75, 3.05) is 6.61 Å². The number of rotatable bonds is 11. The van der Waals surface area contributed by atoms with Gasteiger partial charge in [-0.3, -0.25) is 0 Å². The topological polar surface area (TPSA) is 74.1 Å². The van der Waals surface area contributed by atoms with Gasteiger partial charge in [0.15, 0.2) is 11.5 Å². The van der Waals surface area contributed by atoms with Crippen molar-refractivity contribution in [3.05, 3.63) is 90.0 Å². The quantitative estimate of drug-likeness (QED) is 0.311. The molecule has 0 aliphatic rings. The van der Waals surface area contributed by atoms with Gasteiger partial charge in [-0.25, -0.2) is 0 Å². The second-order valence-corrected chi connectivity index (χ2v) is 7.83. The Hall–Kier alpha value is -3.42. The van der Waals surface area contributed by atoms with Gasteiger partial charge in [0.05, 0.1) is 12.3 Å². The van der Waals surface area contributed by atoms with Gasteiger partial charge in [0.1, 0.15) is 0 Å². The highest BCUT2D eigenvalue weighted by Crippen LogP contribution is 2.32. The summed E-state index contributed by atoms with van der Waals surface area (Å²) in [5, 5.41) is 15.4. The van der Waals surface area contributed by atoms with Crippen LogP contribution in [0.3, 0.4) is 0 Å². The molecular formula is C26H30ClN5O2. The van der Waals surface area contributed by atoms with E-state index >= 15 is 0 Å². The first-order chi connectivity index (χ1) is 16.2. The van der Waals surface area contributed by atoms with E-state index in [0.29, 0.717) is 24.1 Å². The van der Waals surface area contributed by atoms with Gasteiger partial charge in [-0.15, -0.1) is 12.4 Å². The van der Waals surface area contributed by atoms with Gasteiger partial charge in [-0.2, -0.15) is 4.68 Å². The number of hydrogen-bond acceptors (Lipinski definition) is 6. The van der Waals surface area contributed by atoms with Gasteiger partial charge in [0, 0.05) is 12.6 Å². The molecule has 0 amide bonds. The van der Waals surface area contributed by atoms with E-state index in [9.17, 15) is 0 Å². The van der Waals surface area contributed by atoms with E-state index in [1.54, 1.807) is 4.68 Å². The molecule has 0 saturated carbocycles. The number of benzene rings is 3. The van der Waals surface area contributed by atoms with Crippen LogP contribution in [0.15, 0.2) is 78.9 Å². The number of aryl methyl sites for hydroxylation is 1. The molecule has 1 aromatic heterocycles. The molecule has 4 aromatic rings. The van der Waals surface area contributed by atoms with Gasteiger partial charge in [-0.05, 0) is 72.5 Å². The van der Waals surface area contributed by atoms with Crippen molar-refractivity contribution in [1.82, 2.24) is 25.5 Å². The molecule has 178 valence electrons. The Kier molecular flexibility index (Phi) is 9.43. The number of tetrazole rings is 1. The second-order valence-electron chi connectivity index (χ2n) is 7.83. The molecule has 0 saturated heterocycles. The third-order valence-corrected chi connectivity index (χ3v) is 5.31. The summed E-state index contributed by atoms with van der Waals surface area (Å²) in [6, 6.07) is 26.8.